The van der Waals surface area contributed by atoms with Gasteiger partial charge in [-0.3, -0.25) is 0 Å². The Morgan fingerprint density at radius 3 is 3.00 bits per heavy atom. The summed E-state index contributed by atoms with van der Waals surface area (Å²) >= 11 is 1.67. The lowest BCUT2D eigenvalue weighted by molar-refractivity contribution is 0.954. The lowest BCUT2D eigenvalue weighted by Crippen LogP contribution is -2.01. The average molecular weight is 272 g/mol. The minimum atomic E-state index is 0.645. The molecule has 2 aromatic heterocycles. The van der Waals surface area contributed by atoms with Gasteiger partial charge in [0, 0.05) is 23.8 Å². The molecule has 1 aromatic carbocycles. The van der Waals surface area contributed by atoms with Crippen molar-refractivity contribution in [2.75, 3.05) is 6.54 Å². The van der Waals surface area contributed by atoms with Crippen LogP contribution in [0.15, 0.2) is 23.6 Å². The maximum absolute atomic E-state index is 5.55. The normalized spacial score (nSPS) is 11.3. The molecule has 0 aliphatic rings. The number of hydrogen-bond donors (Lipinski definition) is 2. The number of benzene rings is 1. The summed E-state index contributed by atoms with van der Waals surface area (Å²) in [7, 11) is 0. The van der Waals surface area contributed by atoms with Crippen LogP contribution in [0.1, 0.15) is 17.8 Å². The zero-order valence-electron chi connectivity index (χ0n) is 10.8. The van der Waals surface area contributed by atoms with Gasteiger partial charge in [-0.25, -0.2) is 9.97 Å². The maximum atomic E-state index is 5.55. The van der Waals surface area contributed by atoms with E-state index in [4.69, 9.17) is 5.73 Å². The molecule has 0 saturated heterocycles. The highest BCUT2D eigenvalue weighted by Gasteiger charge is 2.07. The Morgan fingerprint density at radius 1 is 1.32 bits per heavy atom. The van der Waals surface area contributed by atoms with Crippen molar-refractivity contribution in [3.63, 3.8) is 0 Å². The minimum Gasteiger partial charge on any atom is -0.342 e. The van der Waals surface area contributed by atoms with E-state index < -0.39 is 0 Å². The van der Waals surface area contributed by atoms with Crippen LogP contribution in [-0.2, 0) is 12.8 Å². The van der Waals surface area contributed by atoms with E-state index in [0.29, 0.717) is 6.54 Å². The minimum absolute atomic E-state index is 0.645. The van der Waals surface area contributed by atoms with Gasteiger partial charge in [0.15, 0.2) is 0 Å². The molecular weight excluding hydrogens is 256 g/mol. The van der Waals surface area contributed by atoms with Crippen molar-refractivity contribution < 1.29 is 0 Å². The van der Waals surface area contributed by atoms with Gasteiger partial charge < -0.3 is 10.7 Å². The van der Waals surface area contributed by atoms with E-state index in [1.54, 1.807) is 11.3 Å². The third-order valence-corrected chi connectivity index (χ3v) is 3.98. The molecule has 19 heavy (non-hydrogen) atoms. The Kier molecular flexibility index (Phi) is 3.31. The number of hydrogen-bond acceptors (Lipinski definition) is 4. The summed E-state index contributed by atoms with van der Waals surface area (Å²) in [4.78, 5) is 12.5. The first kappa shape index (κ1) is 12.3. The zero-order valence-corrected chi connectivity index (χ0v) is 11.6. The molecule has 0 spiro atoms. The first-order chi connectivity index (χ1) is 9.30. The summed E-state index contributed by atoms with van der Waals surface area (Å²) in [5.74, 6) is 1.02. The molecule has 0 unspecified atom stereocenters. The van der Waals surface area contributed by atoms with Gasteiger partial charge >= 0.3 is 0 Å². The molecular formula is C14H16N4S. The third kappa shape index (κ3) is 2.39. The second-order valence-electron chi connectivity index (χ2n) is 4.43. The fourth-order valence-corrected chi connectivity index (χ4v) is 2.89. The second kappa shape index (κ2) is 5.11. The molecule has 0 aliphatic heterocycles. The first-order valence-electron chi connectivity index (χ1n) is 6.43. The number of H-pyrrole nitrogens is 1. The summed E-state index contributed by atoms with van der Waals surface area (Å²) in [6.45, 7) is 2.74. The van der Waals surface area contributed by atoms with E-state index in [2.05, 4.69) is 39.4 Å². The fraction of sp³-hybridized carbons (Fsp3) is 0.286. The van der Waals surface area contributed by atoms with E-state index in [-0.39, 0.29) is 0 Å². The number of rotatable bonds is 4. The molecule has 0 amide bonds. The molecule has 0 aliphatic carbocycles. The van der Waals surface area contributed by atoms with Crippen molar-refractivity contribution in [3.05, 3.63) is 34.4 Å². The zero-order chi connectivity index (χ0) is 13.2. The third-order valence-electron chi connectivity index (χ3n) is 3.07. The van der Waals surface area contributed by atoms with E-state index in [0.717, 1.165) is 46.0 Å². The molecule has 2 heterocycles. The van der Waals surface area contributed by atoms with E-state index in [9.17, 15) is 0 Å². The Labute approximate surface area is 115 Å². The highest BCUT2D eigenvalue weighted by Crippen LogP contribution is 2.25. The van der Waals surface area contributed by atoms with E-state index in [1.165, 1.54) is 0 Å². The van der Waals surface area contributed by atoms with Gasteiger partial charge in [0.05, 0.1) is 21.7 Å². The van der Waals surface area contributed by atoms with Crippen molar-refractivity contribution in [2.24, 2.45) is 5.73 Å². The van der Waals surface area contributed by atoms with Crippen LogP contribution in [0.2, 0.25) is 0 Å². The van der Waals surface area contributed by atoms with Crippen LogP contribution in [0, 0.1) is 0 Å². The standard InChI is InChI=1S/C14H16N4S/c1-2-13-16-10-4-3-9(7-11(10)17-13)12-8-19-14(18-12)5-6-15/h3-4,7-8H,2,5-6,15H2,1H3,(H,16,17). The van der Waals surface area contributed by atoms with Crippen molar-refractivity contribution in [2.45, 2.75) is 19.8 Å². The molecule has 3 aromatic rings. The topological polar surface area (TPSA) is 67.6 Å². The quantitative estimate of drug-likeness (QED) is 0.767. The van der Waals surface area contributed by atoms with Gasteiger partial charge in [-0.2, -0.15) is 0 Å². The molecule has 3 N–H and O–H groups in total. The van der Waals surface area contributed by atoms with Crippen LogP contribution in [0.3, 0.4) is 0 Å². The van der Waals surface area contributed by atoms with Crippen LogP contribution in [0.5, 0.6) is 0 Å². The molecule has 0 fully saturated rings. The Balaban J connectivity index is 1.99. The summed E-state index contributed by atoms with van der Waals surface area (Å²) in [5, 5.41) is 3.18. The first-order valence-corrected chi connectivity index (χ1v) is 7.31. The van der Waals surface area contributed by atoms with Crippen LogP contribution < -0.4 is 5.73 Å². The highest BCUT2D eigenvalue weighted by molar-refractivity contribution is 7.09. The average Bonchev–Trinajstić information content (AvgIpc) is 3.03. The smallest absolute Gasteiger partial charge is 0.106 e. The second-order valence-corrected chi connectivity index (χ2v) is 5.38. The number of fused-ring (bicyclic) bond motifs is 1. The SMILES string of the molecule is CCc1nc2ccc(-c3csc(CCN)n3)cc2[nH]1. The van der Waals surface area contributed by atoms with Crippen molar-refractivity contribution in [1.82, 2.24) is 15.0 Å². The number of thiazole rings is 1. The van der Waals surface area contributed by atoms with Gasteiger partial charge in [0.1, 0.15) is 5.82 Å². The Hall–Kier alpha value is -1.72. The molecule has 0 radical (unpaired) electrons. The highest BCUT2D eigenvalue weighted by atomic mass is 32.1. The number of aromatic nitrogens is 3. The number of nitrogens with two attached hydrogens (primary N) is 1. The lowest BCUT2D eigenvalue weighted by Gasteiger charge is -1.96. The maximum Gasteiger partial charge on any atom is 0.106 e. The van der Waals surface area contributed by atoms with Gasteiger partial charge in [-0.15, -0.1) is 11.3 Å². The number of imidazole rings is 1. The summed E-state index contributed by atoms with van der Waals surface area (Å²) in [6.07, 6.45) is 1.76. The molecule has 3 rings (SSSR count). The monoisotopic (exact) mass is 272 g/mol. The van der Waals surface area contributed by atoms with Gasteiger partial charge in [0.25, 0.3) is 0 Å². The number of aryl methyl sites for hydroxylation is 1. The molecule has 0 atom stereocenters. The van der Waals surface area contributed by atoms with Gasteiger partial charge in [-0.1, -0.05) is 13.0 Å². The number of aromatic amines is 1. The van der Waals surface area contributed by atoms with Crippen LogP contribution in [0.25, 0.3) is 22.3 Å². The Bertz CT molecular complexity index is 698. The molecule has 5 heteroatoms. The van der Waals surface area contributed by atoms with E-state index in [1.807, 2.05) is 6.07 Å². The van der Waals surface area contributed by atoms with Crippen molar-refractivity contribution in [3.8, 4) is 11.3 Å². The van der Waals surface area contributed by atoms with Crippen molar-refractivity contribution in [1.29, 1.82) is 0 Å². The lowest BCUT2D eigenvalue weighted by atomic mass is 10.1. The number of nitrogens with zero attached hydrogens (tertiary/aromatic N) is 2. The molecule has 0 bridgehead atoms. The van der Waals surface area contributed by atoms with Crippen LogP contribution in [-0.4, -0.2) is 21.5 Å². The Morgan fingerprint density at radius 2 is 2.21 bits per heavy atom. The predicted molar refractivity (Wildman–Crippen MR) is 79.3 cm³/mol. The summed E-state index contributed by atoms with van der Waals surface area (Å²) < 4.78 is 0. The van der Waals surface area contributed by atoms with Gasteiger partial charge in [-0.05, 0) is 18.7 Å². The molecule has 4 nitrogen and oxygen atoms in total. The molecule has 0 saturated carbocycles. The van der Waals surface area contributed by atoms with Gasteiger partial charge in [0.2, 0.25) is 0 Å². The largest absolute Gasteiger partial charge is 0.342 e. The predicted octanol–water partition coefficient (Wildman–Crippen LogP) is 2.75. The van der Waals surface area contributed by atoms with Crippen LogP contribution >= 0.6 is 11.3 Å². The van der Waals surface area contributed by atoms with Crippen molar-refractivity contribution >= 4 is 22.4 Å². The van der Waals surface area contributed by atoms with Crippen LogP contribution in [0.4, 0.5) is 0 Å². The fourth-order valence-electron chi connectivity index (χ4n) is 2.07. The summed E-state index contributed by atoms with van der Waals surface area (Å²) in [6, 6.07) is 6.23. The summed E-state index contributed by atoms with van der Waals surface area (Å²) in [5.41, 5.74) is 9.78. The molecule has 98 valence electrons. The number of nitrogens with one attached hydrogen (secondary N) is 1. The van der Waals surface area contributed by atoms with E-state index >= 15 is 0 Å².